The average Bonchev–Trinajstić information content (AvgIpc) is 2.86. The summed E-state index contributed by atoms with van der Waals surface area (Å²) in [6.07, 6.45) is -4.48. The fourth-order valence-corrected chi connectivity index (χ4v) is 5.21. The van der Waals surface area contributed by atoms with E-state index in [9.17, 15) is 25.5 Å². The number of hydrogen-bond acceptors (Lipinski definition) is 9. The largest absolute Gasteiger partial charge is 0.504 e. The summed E-state index contributed by atoms with van der Waals surface area (Å²) >= 11 is 0. The van der Waals surface area contributed by atoms with Gasteiger partial charge in [-0.25, -0.2) is 0 Å². The lowest BCUT2D eigenvalue weighted by atomic mass is 9.67. The fourth-order valence-electron chi connectivity index (χ4n) is 5.21. The Bertz CT molecular complexity index is 1030. The van der Waals surface area contributed by atoms with Crippen LogP contribution in [0.4, 0.5) is 0 Å². The number of aromatic hydroxyl groups is 1. The zero-order valence-electron chi connectivity index (χ0n) is 20.8. The molecule has 2 aromatic rings. The number of rotatable bonds is 8. The van der Waals surface area contributed by atoms with Crippen LogP contribution in [0.25, 0.3) is 0 Å². The van der Waals surface area contributed by atoms with Gasteiger partial charge < -0.3 is 44.5 Å². The third-order valence-corrected chi connectivity index (χ3v) is 7.04. The first-order chi connectivity index (χ1) is 17.2. The maximum absolute atomic E-state index is 10.4. The van der Waals surface area contributed by atoms with E-state index in [2.05, 4.69) is 0 Å². The summed E-state index contributed by atoms with van der Waals surface area (Å²) in [6.45, 7) is 3.79. The average molecular weight is 505 g/mol. The predicted octanol–water partition coefficient (Wildman–Crippen LogP) is 1.56. The second-order valence-corrected chi connectivity index (χ2v) is 9.83. The Kier molecular flexibility index (Phi) is 8.39. The summed E-state index contributed by atoms with van der Waals surface area (Å²) in [6, 6.07) is 11.1. The summed E-state index contributed by atoms with van der Waals surface area (Å²) in [7, 11) is 1.49. The molecule has 0 amide bonds. The molecule has 36 heavy (non-hydrogen) atoms. The smallest absolute Gasteiger partial charge is 0.186 e. The van der Waals surface area contributed by atoms with Gasteiger partial charge in [-0.3, -0.25) is 0 Å². The Morgan fingerprint density at radius 1 is 1.06 bits per heavy atom. The van der Waals surface area contributed by atoms with Crippen LogP contribution in [-0.2, 0) is 15.9 Å². The number of fused-ring (bicyclic) bond motifs is 1. The molecule has 4 rings (SSSR count). The van der Waals surface area contributed by atoms with Gasteiger partial charge in [-0.2, -0.15) is 0 Å². The van der Waals surface area contributed by atoms with E-state index in [0.717, 1.165) is 22.4 Å². The highest BCUT2D eigenvalue weighted by Crippen LogP contribution is 2.46. The number of methoxy groups -OCH3 is 1. The molecule has 1 aliphatic heterocycles. The third-order valence-electron chi connectivity index (χ3n) is 7.04. The van der Waals surface area contributed by atoms with Gasteiger partial charge in [0.1, 0.15) is 24.1 Å². The van der Waals surface area contributed by atoms with Crippen LogP contribution in [0.5, 0.6) is 17.2 Å². The van der Waals surface area contributed by atoms with Gasteiger partial charge in [0.2, 0.25) is 0 Å². The molecule has 1 fully saturated rings. The van der Waals surface area contributed by atoms with Crippen molar-refractivity contribution in [1.82, 2.24) is 0 Å². The van der Waals surface area contributed by atoms with Crippen molar-refractivity contribution in [1.29, 1.82) is 0 Å². The first-order valence-corrected chi connectivity index (χ1v) is 12.3. The van der Waals surface area contributed by atoms with Gasteiger partial charge >= 0.3 is 0 Å². The minimum Gasteiger partial charge on any atom is -0.504 e. The van der Waals surface area contributed by atoms with Crippen LogP contribution in [0.3, 0.4) is 0 Å². The van der Waals surface area contributed by atoms with Gasteiger partial charge in [0.25, 0.3) is 0 Å². The van der Waals surface area contributed by atoms with E-state index in [1.807, 2.05) is 38.1 Å². The molecule has 9 nitrogen and oxygen atoms in total. The number of aliphatic hydroxyl groups excluding tert-OH is 4. The maximum Gasteiger partial charge on any atom is 0.186 e. The molecule has 5 N–H and O–H groups in total. The Labute approximate surface area is 210 Å². The number of aliphatic hydroxyl groups is 4. The molecule has 0 unspecified atom stereocenters. The monoisotopic (exact) mass is 504 g/mol. The first kappa shape index (κ1) is 26.7. The van der Waals surface area contributed by atoms with Crippen molar-refractivity contribution in [3.8, 4) is 17.2 Å². The first-order valence-electron chi connectivity index (χ1n) is 12.3. The molecule has 0 saturated carbocycles. The van der Waals surface area contributed by atoms with E-state index < -0.39 is 24.6 Å². The summed E-state index contributed by atoms with van der Waals surface area (Å²) in [5.41, 5.74) is 2.95. The van der Waals surface area contributed by atoms with Crippen molar-refractivity contribution >= 4 is 0 Å². The molecule has 1 saturated heterocycles. The van der Waals surface area contributed by atoms with Gasteiger partial charge in [-0.05, 0) is 73.1 Å². The number of hydrogen-bond donors (Lipinski definition) is 5. The summed E-state index contributed by atoms with van der Waals surface area (Å²) in [5.74, 6) is 0.405. The van der Waals surface area contributed by atoms with E-state index in [0.29, 0.717) is 12.2 Å². The van der Waals surface area contributed by atoms with Crippen LogP contribution in [-0.4, -0.2) is 83.2 Å². The number of benzene rings is 2. The van der Waals surface area contributed by atoms with Crippen molar-refractivity contribution in [2.24, 2.45) is 11.8 Å². The van der Waals surface area contributed by atoms with Crippen LogP contribution in [0.1, 0.15) is 36.5 Å². The molecule has 198 valence electrons. The highest BCUT2D eigenvalue weighted by atomic mass is 16.7. The van der Waals surface area contributed by atoms with E-state index in [-0.39, 0.29) is 49.4 Å². The quantitative estimate of drug-likeness (QED) is 0.363. The summed E-state index contributed by atoms with van der Waals surface area (Å²) in [4.78, 5) is 0. The number of ether oxygens (including phenoxy) is 4. The second kappa shape index (κ2) is 11.3. The minimum absolute atomic E-state index is 0.00473. The van der Waals surface area contributed by atoms with E-state index in [4.69, 9.17) is 18.9 Å². The molecule has 0 bridgehead atoms. The molecular weight excluding hydrogens is 468 g/mol. The van der Waals surface area contributed by atoms with Crippen LogP contribution >= 0.6 is 0 Å². The van der Waals surface area contributed by atoms with Crippen molar-refractivity contribution < 1.29 is 44.5 Å². The Morgan fingerprint density at radius 2 is 1.83 bits per heavy atom. The van der Waals surface area contributed by atoms with Gasteiger partial charge in [0.05, 0.1) is 26.4 Å². The molecule has 2 aliphatic rings. The molecule has 1 heterocycles. The normalized spacial score (nSPS) is 30.2. The molecule has 1 aliphatic carbocycles. The zero-order chi connectivity index (χ0) is 26.0. The molecule has 2 aromatic carbocycles. The van der Waals surface area contributed by atoms with E-state index in [1.54, 1.807) is 12.1 Å². The van der Waals surface area contributed by atoms with Crippen molar-refractivity contribution in [3.63, 3.8) is 0 Å². The molecular formula is C27H36O9. The highest BCUT2D eigenvalue weighted by Gasteiger charge is 2.42. The van der Waals surface area contributed by atoms with Crippen LogP contribution < -0.4 is 9.47 Å². The van der Waals surface area contributed by atoms with Crippen molar-refractivity contribution in [2.75, 3.05) is 26.9 Å². The predicted molar refractivity (Wildman–Crippen MR) is 130 cm³/mol. The van der Waals surface area contributed by atoms with Crippen LogP contribution in [0, 0.1) is 11.8 Å². The van der Waals surface area contributed by atoms with Crippen LogP contribution in [0.2, 0.25) is 0 Å². The zero-order valence-corrected chi connectivity index (χ0v) is 20.8. The van der Waals surface area contributed by atoms with Gasteiger partial charge in [-0.15, -0.1) is 0 Å². The van der Waals surface area contributed by atoms with Crippen molar-refractivity contribution in [3.05, 3.63) is 53.1 Å². The summed E-state index contributed by atoms with van der Waals surface area (Å²) < 4.78 is 22.7. The van der Waals surface area contributed by atoms with Gasteiger partial charge in [-0.1, -0.05) is 12.1 Å². The maximum atomic E-state index is 10.4. The highest BCUT2D eigenvalue weighted by molar-refractivity contribution is 5.50. The lowest BCUT2D eigenvalue weighted by Crippen LogP contribution is -2.54. The van der Waals surface area contributed by atoms with Crippen molar-refractivity contribution in [2.45, 2.75) is 56.9 Å². The number of phenolic OH excluding ortho intramolecular Hbond substituents is 1. The number of phenols is 1. The van der Waals surface area contributed by atoms with Gasteiger partial charge in [0.15, 0.2) is 17.8 Å². The SMILES string of the molecule is COc1cc([C@@H]2c3cc(OC(C)C)ccc3C[C@H](CO)[C@H]2CO[C@@H]2OC[C@@H](O)[C@H](O)[C@H]2O)ccc1O. The Hall–Kier alpha value is -2.40. The summed E-state index contributed by atoms with van der Waals surface area (Å²) in [5, 5.41) is 50.7. The second-order valence-electron chi connectivity index (χ2n) is 9.83. The minimum atomic E-state index is -1.41. The lowest BCUT2D eigenvalue weighted by molar-refractivity contribution is -0.274. The molecule has 0 spiro atoms. The third kappa shape index (κ3) is 5.46. The molecule has 7 atom stereocenters. The fraction of sp³-hybridized carbons (Fsp3) is 0.556. The standard InChI is InChI=1S/C27H36O9/c1-14(2)36-18-6-4-15-8-17(11-28)20(12-34-27-26(32)25(31)22(30)13-35-27)24(19(15)10-18)16-5-7-21(29)23(9-16)33-3/h4-7,9-10,14,17,20,22,24-32H,8,11-13H2,1-3H3/t17-,20-,22-,24-,25+,26-,27-/m1/s1. The topological polar surface area (TPSA) is 138 Å². The van der Waals surface area contributed by atoms with Crippen LogP contribution in [0.15, 0.2) is 36.4 Å². The molecule has 0 aromatic heterocycles. The van der Waals surface area contributed by atoms with Gasteiger partial charge in [0, 0.05) is 12.5 Å². The Balaban J connectivity index is 1.72. The van der Waals surface area contributed by atoms with E-state index in [1.165, 1.54) is 7.11 Å². The van der Waals surface area contributed by atoms with E-state index >= 15 is 0 Å². The molecule has 0 radical (unpaired) electrons. The lowest BCUT2D eigenvalue weighted by Gasteiger charge is -2.41. The Morgan fingerprint density at radius 3 is 2.53 bits per heavy atom. The molecule has 9 heteroatoms.